The molecule has 0 amide bonds. The minimum atomic E-state index is -4.61. The van der Waals surface area contributed by atoms with Crippen molar-refractivity contribution >= 4 is 23.2 Å². The maximum absolute atomic E-state index is 12.5. The highest BCUT2D eigenvalue weighted by Gasteiger charge is 2.33. The molecule has 0 aliphatic heterocycles. The van der Waals surface area contributed by atoms with Crippen molar-refractivity contribution in [3.05, 3.63) is 33.3 Å². The van der Waals surface area contributed by atoms with Gasteiger partial charge in [-0.05, 0) is 18.6 Å². The van der Waals surface area contributed by atoms with E-state index >= 15 is 0 Å². The molecule has 0 saturated carbocycles. The average Bonchev–Trinajstić information content (AvgIpc) is 2.26. The number of benzene rings is 1. The molecule has 0 aliphatic carbocycles. The first-order valence-electron chi connectivity index (χ1n) is 5.21. The Bertz CT molecular complexity index is 428. The van der Waals surface area contributed by atoms with Gasteiger partial charge in [0.05, 0.1) is 11.7 Å². The summed E-state index contributed by atoms with van der Waals surface area (Å²) >= 11 is 11.3. The second-order valence-corrected chi connectivity index (χ2v) is 4.69. The van der Waals surface area contributed by atoms with Gasteiger partial charge in [0.15, 0.2) is 0 Å². The van der Waals surface area contributed by atoms with Crippen molar-refractivity contribution in [1.82, 2.24) is 0 Å². The van der Waals surface area contributed by atoms with Crippen LogP contribution in [0.4, 0.5) is 13.2 Å². The summed E-state index contributed by atoms with van der Waals surface area (Å²) in [5.74, 6) is 0. The molecule has 2 unspecified atom stereocenters. The van der Waals surface area contributed by atoms with E-state index in [2.05, 4.69) is 0 Å². The van der Waals surface area contributed by atoms with Crippen LogP contribution in [0.1, 0.15) is 23.7 Å². The first-order valence-corrected chi connectivity index (χ1v) is 5.97. The molecule has 3 nitrogen and oxygen atoms in total. The topological polar surface area (TPSA) is 60.7 Å². The van der Waals surface area contributed by atoms with Crippen LogP contribution in [0.5, 0.6) is 0 Å². The molecular weight excluding hydrogens is 308 g/mol. The molecule has 19 heavy (non-hydrogen) atoms. The van der Waals surface area contributed by atoms with Gasteiger partial charge in [-0.2, -0.15) is 13.2 Å². The van der Waals surface area contributed by atoms with E-state index in [1.807, 2.05) is 0 Å². The highest BCUT2D eigenvalue weighted by molar-refractivity contribution is 6.36. The predicted molar refractivity (Wildman–Crippen MR) is 64.1 cm³/mol. The van der Waals surface area contributed by atoms with Crippen LogP contribution >= 0.6 is 23.2 Å². The highest BCUT2D eigenvalue weighted by Crippen LogP contribution is 2.39. The third kappa shape index (κ3) is 3.97. The Balaban J connectivity index is 3.17. The molecule has 1 aromatic rings. The molecule has 2 atom stereocenters. The van der Waals surface area contributed by atoms with Gasteiger partial charge in [-0.15, -0.1) is 0 Å². The smallest absolute Gasteiger partial charge is 0.396 e. The Kier molecular flexibility index (Phi) is 5.46. The quantitative estimate of drug-likeness (QED) is 0.800. The molecular formula is C11H11Cl2F3O3. The van der Waals surface area contributed by atoms with Crippen LogP contribution in [0.15, 0.2) is 12.1 Å². The first kappa shape index (κ1) is 16.5. The first-order chi connectivity index (χ1) is 8.68. The van der Waals surface area contributed by atoms with Gasteiger partial charge in [-0.3, -0.25) is 0 Å². The summed E-state index contributed by atoms with van der Waals surface area (Å²) in [6.07, 6.45) is -7.72. The summed E-state index contributed by atoms with van der Waals surface area (Å²) < 4.78 is 37.5. The predicted octanol–water partition coefficient (Wildman–Crippen LogP) is 2.79. The van der Waals surface area contributed by atoms with Crippen LogP contribution in [-0.4, -0.2) is 28.0 Å². The van der Waals surface area contributed by atoms with Gasteiger partial charge >= 0.3 is 6.18 Å². The van der Waals surface area contributed by atoms with Crippen LogP contribution in [0.2, 0.25) is 10.0 Å². The maximum atomic E-state index is 12.5. The monoisotopic (exact) mass is 318 g/mol. The maximum Gasteiger partial charge on any atom is 0.416 e. The van der Waals surface area contributed by atoms with Crippen molar-refractivity contribution < 1.29 is 28.5 Å². The van der Waals surface area contributed by atoms with Crippen LogP contribution < -0.4 is 0 Å². The number of aliphatic hydroxyl groups is 3. The second kappa shape index (κ2) is 6.28. The summed E-state index contributed by atoms with van der Waals surface area (Å²) in [7, 11) is 0. The summed E-state index contributed by atoms with van der Waals surface area (Å²) in [6, 6.07) is 1.25. The van der Waals surface area contributed by atoms with E-state index in [1.165, 1.54) is 0 Å². The van der Waals surface area contributed by atoms with Gasteiger partial charge < -0.3 is 15.3 Å². The van der Waals surface area contributed by atoms with Gasteiger partial charge in [0.2, 0.25) is 0 Å². The lowest BCUT2D eigenvalue weighted by molar-refractivity contribution is -0.137. The standard InChI is InChI=1S/C11H11Cl2F3O3/c12-6-3-5(11(14,15)16)4-7(13)9(6)10(19)8(18)1-2-17/h3-4,8,10,17-19H,1-2H2. The Morgan fingerprint density at radius 1 is 1.11 bits per heavy atom. The van der Waals surface area contributed by atoms with Crippen LogP contribution in [0.25, 0.3) is 0 Å². The van der Waals surface area contributed by atoms with Crippen molar-refractivity contribution in [1.29, 1.82) is 0 Å². The van der Waals surface area contributed by atoms with Crippen LogP contribution in [0, 0.1) is 0 Å². The highest BCUT2D eigenvalue weighted by atomic mass is 35.5. The Labute approximate surface area is 117 Å². The molecule has 1 aromatic carbocycles. The third-order valence-corrected chi connectivity index (χ3v) is 3.12. The zero-order valence-corrected chi connectivity index (χ0v) is 11.0. The summed E-state index contributed by atoms with van der Waals surface area (Å²) in [6.45, 7) is -0.395. The number of halogens is 5. The summed E-state index contributed by atoms with van der Waals surface area (Å²) in [4.78, 5) is 0. The van der Waals surface area contributed by atoms with Crippen molar-refractivity contribution in [3.8, 4) is 0 Å². The van der Waals surface area contributed by atoms with Crippen molar-refractivity contribution in [2.75, 3.05) is 6.61 Å². The lowest BCUT2D eigenvalue weighted by Crippen LogP contribution is -2.20. The zero-order chi connectivity index (χ0) is 14.8. The summed E-state index contributed by atoms with van der Waals surface area (Å²) in [5.41, 5.74) is -1.24. The molecule has 8 heteroatoms. The Morgan fingerprint density at radius 2 is 1.58 bits per heavy atom. The number of hydrogen-bond acceptors (Lipinski definition) is 3. The van der Waals surface area contributed by atoms with E-state index < -0.39 is 40.6 Å². The SMILES string of the molecule is OCCC(O)C(O)c1c(Cl)cc(C(F)(F)F)cc1Cl. The number of rotatable bonds is 4. The minimum Gasteiger partial charge on any atom is -0.396 e. The molecule has 0 saturated heterocycles. The fraction of sp³-hybridized carbons (Fsp3) is 0.455. The van der Waals surface area contributed by atoms with Crippen molar-refractivity contribution in [2.45, 2.75) is 24.8 Å². The Morgan fingerprint density at radius 3 is 1.95 bits per heavy atom. The van der Waals surface area contributed by atoms with Gasteiger partial charge in [0.1, 0.15) is 6.10 Å². The van der Waals surface area contributed by atoms with Crippen molar-refractivity contribution in [2.24, 2.45) is 0 Å². The molecule has 0 aliphatic rings. The molecule has 0 bridgehead atoms. The van der Waals surface area contributed by atoms with Gasteiger partial charge in [0, 0.05) is 22.2 Å². The van der Waals surface area contributed by atoms with E-state index in [1.54, 1.807) is 0 Å². The molecule has 0 aromatic heterocycles. The van der Waals surface area contributed by atoms with E-state index in [0.29, 0.717) is 12.1 Å². The number of alkyl halides is 3. The van der Waals surface area contributed by atoms with Crippen LogP contribution in [0.3, 0.4) is 0 Å². The average molecular weight is 319 g/mol. The fourth-order valence-electron chi connectivity index (χ4n) is 1.51. The normalized spacial score (nSPS) is 15.4. The molecule has 0 radical (unpaired) electrons. The third-order valence-electron chi connectivity index (χ3n) is 2.49. The van der Waals surface area contributed by atoms with Gasteiger partial charge in [0.25, 0.3) is 0 Å². The van der Waals surface area contributed by atoms with Gasteiger partial charge in [-0.25, -0.2) is 0 Å². The molecule has 108 valence electrons. The Hall–Kier alpha value is -0.530. The molecule has 3 N–H and O–H groups in total. The van der Waals surface area contributed by atoms with E-state index in [4.69, 9.17) is 28.3 Å². The van der Waals surface area contributed by atoms with Crippen molar-refractivity contribution in [3.63, 3.8) is 0 Å². The number of hydrogen-bond donors (Lipinski definition) is 3. The zero-order valence-electron chi connectivity index (χ0n) is 9.46. The van der Waals surface area contributed by atoms with Crippen LogP contribution in [-0.2, 0) is 6.18 Å². The largest absolute Gasteiger partial charge is 0.416 e. The molecule has 0 heterocycles. The second-order valence-electron chi connectivity index (χ2n) is 3.88. The molecule has 0 spiro atoms. The van der Waals surface area contributed by atoms with Gasteiger partial charge in [-0.1, -0.05) is 23.2 Å². The fourth-order valence-corrected chi connectivity index (χ4v) is 2.22. The lowest BCUT2D eigenvalue weighted by Gasteiger charge is -2.20. The summed E-state index contributed by atoms with van der Waals surface area (Å²) in [5, 5.41) is 27.1. The van der Waals surface area contributed by atoms with E-state index in [0.717, 1.165) is 0 Å². The molecule has 0 fully saturated rings. The minimum absolute atomic E-state index is 0.158. The lowest BCUT2D eigenvalue weighted by atomic mass is 10.0. The van der Waals surface area contributed by atoms with E-state index in [9.17, 15) is 23.4 Å². The number of aliphatic hydroxyl groups excluding tert-OH is 3. The van der Waals surface area contributed by atoms with E-state index in [-0.39, 0.29) is 12.0 Å². The molecule has 1 rings (SSSR count).